The van der Waals surface area contributed by atoms with Gasteiger partial charge in [0.25, 0.3) is 0 Å². The highest BCUT2D eigenvalue weighted by Crippen LogP contribution is 2.66. The monoisotopic (exact) mass is 396 g/mol. The third kappa shape index (κ3) is 2.76. The highest BCUT2D eigenvalue weighted by molar-refractivity contribution is 6.30. The van der Waals surface area contributed by atoms with Crippen LogP contribution in [-0.2, 0) is 4.79 Å². The van der Waals surface area contributed by atoms with Crippen LogP contribution in [0.3, 0.4) is 0 Å². The molecule has 28 heavy (non-hydrogen) atoms. The lowest BCUT2D eigenvalue weighted by Gasteiger charge is -2.59. The molecular weight excluding hydrogens is 364 g/mol. The van der Waals surface area contributed by atoms with E-state index in [0.29, 0.717) is 17.1 Å². The molecule has 4 aliphatic carbocycles. The first-order valence-electron chi connectivity index (χ1n) is 11.4. The van der Waals surface area contributed by atoms with E-state index in [-0.39, 0.29) is 5.41 Å². The maximum absolute atomic E-state index is 13.5. The van der Waals surface area contributed by atoms with Crippen LogP contribution >= 0.6 is 11.6 Å². The molecule has 0 heterocycles. The molecule has 0 unspecified atom stereocenters. The van der Waals surface area contributed by atoms with Gasteiger partial charge in [-0.15, -0.1) is 0 Å². The second-order valence-corrected chi connectivity index (χ2v) is 11.1. The summed E-state index contributed by atoms with van der Waals surface area (Å²) in [5, 5.41) is 0.743. The van der Waals surface area contributed by atoms with E-state index >= 15 is 0 Å². The van der Waals surface area contributed by atoms with Crippen molar-refractivity contribution < 1.29 is 4.79 Å². The quantitative estimate of drug-likeness (QED) is 0.454. The fourth-order valence-corrected chi connectivity index (χ4v) is 8.09. The number of carbonyl (C=O) groups is 1. The van der Waals surface area contributed by atoms with Gasteiger partial charge in [0.05, 0.1) is 0 Å². The second-order valence-electron chi connectivity index (χ2n) is 10.6. The van der Waals surface area contributed by atoms with Gasteiger partial charge in [0.15, 0.2) is 5.78 Å². The molecule has 0 amide bonds. The van der Waals surface area contributed by atoms with Gasteiger partial charge in [-0.1, -0.05) is 50.4 Å². The molecule has 0 spiro atoms. The zero-order chi connectivity index (χ0) is 19.5. The molecular formula is C26H33ClO. The van der Waals surface area contributed by atoms with Gasteiger partial charge in [0.1, 0.15) is 0 Å². The number of ketones is 1. The molecule has 0 N–H and O–H groups in total. The van der Waals surface area contributed by atoms with Gasteiger partial charge >= 0.3 is 0 Å². The van der Waals surface area contributed by atoms with Crippen molar-refractivity contribution in [1.82, 2.24) is 0 Å². The molecule has 4 fully saturated rings. The second kappa shape index (κ2) is 6.73. The van der Waals surface area contributed by atoms with Crippen molar-refractivity contribution in [3.63, 3.8) is 0 Å². The Morgan fingerprint density at radius 2 is 1.89 bits per heavy atom. The van der Waals surface area contributed by atoms with Gasteiger partial charge < -0.3 is 0 Å². The predicted octanol–water partition coefficient (Wildman–Crippen LogP) is 7.34. The SMILES string of the molecule is C[C@@]12CCCC[C@@H]1CC[C@H]1[C@H]2CC[C@]2(C)C(=O)/C(=C/c3cccc(Cl)c3)C[C@@H]12. The van der Waals surface area contributed by atoms with Gasteiger partial charge in [-0.25, -0.2) is 0 Å². The Bertz CT molecular complexity index is 825. The van der Waals surface area contributed by atoms with Gasteiger partial charge in [-0.3, -0.25) is 4.79 Å². The maximum atomic E-state index is 13.5. The van der Waals surface area contributed by atoms with E-state index in [0.717, 1.165) is 46.8 Å². The van der Waals surface area contributed by atoms with Gasteiger partial charge in [-0.2, -0.15) is 0 Å². The third-order valence-electron chi connectivity index (χ3n) is 9.41. The molecule has 4 saturated carbocycles. The van der Waals surface area contributed by atoms with Crippen LogP contribution in [-0.4, -0.2) is 5.78 Å². The van der Waals surface area contributed by atoms with Crippen LogP contribution in [0.2, 0.25) is 5.02 Å². The van der Waals surface area contributed by atoms with Crippen molar-refractivity contribution in [2.45, 2.75) is 71.6 Å². The third-order valence-corrected chi connectivity index (χ3v) is 9.65. The van der Waals surface area contributed by atoms with E-state index in [9.17, 15) is 4.79 Å². The Kier molecular flexibility index (Phi) is 4.54. The minimum atomic E-state index is -0.135. The summed E-state index contributed by atoms with van der Waals surface area (Å²) >= 11 is 6.17. The van der Waals surface area contributed by atoms with E-state index in [1.165, 1.54) is 44.9 Å². The van der Waals surface area contributed by atoms with Gasteiger partial charge in [0.2, 0.25) is 0 Å². The van der Waals surface area contributed by atoms with E-state index in [1.54, 1.807) is 0 Å². The molecule has 2 heteroatoms. The number of carbonyl (C=O) groups excluding carboxylic acids is 1. The van der Waals surface area contributed by atoms with Gasteiger partial charge in [-0.05, 0) is 103 Å². The molecule has 4 aliphatic rings. The molecule has 1 nitrogen and oxygen atoms in total. The lowest BCUT2D eigenvalue weighted by atomic mass is 9.45. The Morgan fingerprint density at radius 1 is 1.04 bits per heavy atom. The lowest BCUT2D eigenvalue weighted by Crippen LogP contribution is -2.52. The van der Waals surface area contributed by atoms with Crippen LogP contribution in [0.25, 0.3) is 6.08 Å². The molecule has 0 saturated heterocycles. The first-order valence-corrected chi connectivity index (χ1v) is 11.8. The summed E-state index contributed by atoms with van der Waals surface area (Å²) in [4.78, 5) is 13.5. The zero-order valence-electron chi connectivity index (χ0n) is 17.3. The Morgan fingerprint density at radius 3 is 2.71 bits per heavy atom. The molecule has 150 valence electrons. The molecule has 1 aromatic rings. The number of rotatable bonds is 1. The molecule has 5 rings (SSSR count). The standard InChI is InChI=1S/C26H33ClO/c1-25-12-4-3-7-19(25)9-10-21-22(25)11-13-26(2)23(21)16-18(24(26)28)14-17-6-5-8-20(27)15-17/h5-6,8,14-15,19,21-23H,3-4,7,9-13,16H2,1-2H3/b18-14+/t19-,21+,22-,23+,25-,26+/m1/s1. The number of allylic oxidation sites excluding steroid dienone is 1. The largest absolute Gasteiger partial charge is 0.294 e. The van der Waals surface area contributed by atoms with Crippen LogP contribution in [0, 0.1) is 34.5 Å². The predicted molar refractivity (Wildman–Crippen MR) is 116 cm³/mol. The Balaban J connectivity index is 1.46. The highest BCUT2D eigenvalue weighted by Gasteiger charge is 2.60. The Labute approximate surface area is 174 Å². The first-order chi connectivity index (χ1) is 13.4. The maximum Gasteiger partial charge on any atom is 0.165 e. The van der Waals surface area contributed by atoms with E-state index in [4.69, 9.17) is 11.6 Å². The van der Waals surface area contributed by atoms with Crippen molar-refractivity contribution in [1.29, 1.82) is 0 Å². The number of fused-ring (bicyclic) bond motifs is 5. The molecule has 1 aromatic carbocycles. The summed E-state index contributed by atoms with van der Waals surface area (Å²) in [5.41, 5.74) is 2.51. The van der Waals surface area contributed by atoms with Crippen LogP contribution in [0.5, 0.6) is 0 Å². The summed E-state index contributed by atoms with van der Waals surface area (Å²) in [6.45, 7) is 4.89. The first kappa shape index (κ1) is 18.9. The summed E-state index contributed by atoms with van der Waals surface area (Å²) < 4.78 is 0. The number of halogens is 1. The van der Waals surface area contributed by atoms with Crippen molar-refractivity contribution in [2.75, 3.05) is 0 Å². The Hall–Kier alpha value is -1.08. The van der Waals surface area contributed by atoms with Gasteiger partial charge in [0, 0.05) is 10.4 Å². The summed E-state index contributed by atoms with van der Waals surface area (Å²) in [5.74, 6) is 3.48. The average molecular weight is 397 g/mol. The molecule has 0 aliphatic heterocycles. The highest BCUT2D eigenvalue weighted by atomic mass is 35.5. The molecule has 0 bridgehead atoms. The minimum absolute atomic E-state index is 0.135. The zero-order valence-corrected chi connectivity index (χ0v) is 18.1. The number of benzene rings is 1. The molecule has 6 atom stereocenters. The van der Waals surface area contributed by atoms with Crippen molar-refractivity contribution in [2.24, 2.45) is 34.5 Å². The fraction of sp³-hybridized carbons (Fsp3) is 0.654. The van der Waals surface area contributed by atoms with E-state index in [1.807, 2.05) is 18.2 Å². The van der Waals surface area contributed by atoms with E-state index in [2.05, 4.69) is 26.0 Å². The van der Waals surface area contributed by atoms with E-state index < -0.39 is 0 Å². The van der Waals surface area contributed by atoms with Crippen molar-refractivity contribution >= 4 is 23.5 Å². The van der Waals surface area contributed by atoms with Crippen LogP contribution in [0.1, 0.15) is 77.2 Å². The molecule has 0 radical (unpaired) electrons. The normalized spacial score (nSPS) is 44.1. The molecule has 0 aromatic heterocycles. The number of hydrogen-bond acceptors (Lipinski definition) is 1. The van der Waals surface area contributed by atoms with Crippen molar-refractivity contribution in [3.05, 3.63) is 40.4 Å². The topological polar surface area (TPSA) is 17.1 Å². The summed E-state index contributed by atoms with van der Waals surface area (Å²) in [6, 6.07) is 7.91. The fourth-order valence-electron chi connectivity index (χ4n) is 7.89. The minimum Gasteiger partial charge on any atom is -0.294 e. The van der Waals surface area contributed by atoms with Crippen LogP contribution < -0.4 is 0 Å². The summed E-state index contributed by atoms with van der Waals surface area (Å²) in [7, 11) is 0. The average Bonchev–Trinajstić information content (AvgIpc) is 2.92. The lowest BCUT2D eigenvalue weighted by molar-refractivity contribution is -0.137. The van der Waals surface area contributed by atoms with Crippen LogP contribution in [0.4, 0.5) is 0 Å². The summed E-state index contributed by atoms with van der Waals surface area (Å²) in [6.07, 6.45) is 13.9. The smallest absolute Gasteiger partial charge is 0.165 e. The van der Waals surface area contributed by atoms with Crippen LogP contribution in [0.15, 0.2) is 29.8 Å². The number of hydrogen-bond donors (Lipinski definition) is 0. The van der Waals surface area contributed by atoms with Crippen molar-refractivity contribution in [3.8, 4) is 0 Å². The number of Topliss-reactive ketones (excluding diaryl/α,β-unsaturated/α-hetero) is 1.